The molecule has 1 saturated heterocycles. The van der Waals surface area contributed by atoms with E-state index in [4.69, 9.17) is 9.31 Å². The molecule has 0 N–H and O–H groups in total. The highest BCUT2D eigenvalue weighted by molar-refractivity contribution is 7.98. The van der Waals surface area contributed by atoms with Crippen molar-refractivity contribution in [2.75, 3.05) is 32.7 Å². The lowest BCUT2D eigenvalue weighted by molar-refractivity contribution is -0.132. The van der Waals surface area contributed by atoms with Crippen LogP contribution < -0.4 is 11.0 Å². The maximum absolute atomic E-state index is 13.4. The zero-order valence-corrected chi connectivity index (χ0v) is 26.1. The van der Waals surface area contributed by atoms with Gasteiger partial charge >= 0.3 is 7.12 Å². The predicted molar refractivity (Wildman–Crippen MR) is 162 cm³/mol. The molecule has 2 aromatic rings. The number of hydrogen-bond acceptors (Lipinski definition) is 7. The Hall–Kier alpha value is -2.14. The number of hydrogen-bond donors (Lipinski definition) is 0. The van der Waals surface area contributed by atoms with Crippen LogP contribution in [-0.4, -0.2) is 76.3 Å². The summed E-state index contributed by atoms with van der Waals surface area (Å²) in [6.45, 7) is 18.9. The van der Waals surface area contributed by atoms with Crippen molar-refractivity contribution in [3.8, 4) is 0 Å². The largest absolute Gasteiger partial charge is 0.494 e. The molecule has 1 amide bonds. The molecule has 8 nitrogen and oxygen atoms in total. The van der Waals surface area contributed by atoms with E-state index >= 15 is 0 Å². The maximum Gasteiger partial charge on any atom is 0.494 e. The zero-order chi connectivity index (χ0) is 29.1. The molecule has 0 atom stereocenters. The van der Waals surface area contributed by atoms with Gasteiger partial charge in [-0.2, -0.15) is 4.98 Å². The van der Waals surface area contributed by atoms with Gasteiger partial charge in [-0.05, 0) is 78.0 Å². The van der Waals surface area contributed by atoms with Crippen LogP contribution >= 0.6 is 11.8 Å². The minimum Gasteiger partial charge on any atom is -0.399 e. The van der Waals surface area contributed by atoms with E-state index in [9.17, 15) is 9.59 Å². The van der Waals surface area contributed by atoms with Gasteiger partial charge in [0.05, 0.1) is 11.2 Å². The summed E-state index contributed by atoms with van der Waals surface area (Å²) in [5.74, 6) is 0.713. The molecule has 40 heavy (non-hydrogen) atoms. The summed E-state index contributed by atoms with van der Waals surface area (Å²) in [7, 11) is -0.399. The molecule has 1 aliphatic carbocycles. The normalized spacial score (nSPS) is 17.4. The predicted octanol–water partition coefficient (Wildman–Crippen LogP) is 3.51. The highest BCUT2D eigenvalue weighted by Gasteiger charge is 2.51. The van der Waals surface area contributed by atoms with Crippen molar-refractivity contribution in [3.05, 3.63) is 51.4 Å². The highest BCUT2D eigenvalue weighted by atomic mass is 32.2. The average molecular weight is 569 g/mol. The van der Waals surface area contributed by atoms with E-state index in [1.807, 2.05) is 28.5 Å². The molecule has 0 unspecified atom stereocenters. The fourth-order valence-corrected chi connectivity index (χ4v) is 6.22. The van der Waals surface area contributed by atoms with Gasteiger partial charge in [0.25, 0.3) is 5.56 Å². The van der Waals surface area contributed by atoms with Crippen LogP contribution in [0, 0.1) is 0 Å². The fraction of sp³-hybridized carbons (Fsp3) is 0.633. The van der Waals surface area contributed by atoms with Gasteiger partial charge in [-0.25, -0.2) is 0 Å². The van der Waals surface area contributed by atoms with E-state index in [1.165, 1.54) is 11.8 Å². The standard InChI is InChI=1S/C30H45BN4O4S/c1-8-33(9-2)18-19-34(10-3)26(36)20-35-25-13-11-12-24(25)27(37)32-28(35)40-21-22-14-16-23(17-15-22)31-38-29(4,5)30(6,7)39-31/h14-17H,8-13,18-21H2,1-7H3. The molecule has 0 radical (unpaired) electrons. The van der Waals surface area contributed by atoms with Crippen molar-refractivity contribution >= 4 is 30.3 Å². The molecule has 1 aromatic carbocycles. The fourth-order valence-electron chi connectivity index (χ4n) is 5.25. The third-order valence-corrected chi connectivity index (χ3v) is 9.73. The third kappa shape index (κ3) is 6.67. The number of amides is 1. The summed E-state index contributed by atoms with van der Waals surface area (Å²) >= 11 is 1.52. The monoisotopic (exact) mass is 568 g/mol. The molecule has 2 aliphatic rings. The minimum absolute atomic E-state index is 0.0721. The molecule has 1 aromatic heterocycles. The van der Waals surface area contributed by atoms with Gasteiger partial charge in [0.2, 0.25) is 5.91 Å². The summed E-state index contributed by atoms with van der Waals surface area (Å²) in [5, 5.41) is 0.619. The molecule has 10 heteroatoms. The second kappa shape index (κ2) is 12.8. The summed E-state index contributed by atoms with van der Waals surface area (Å²) in [6, 6.07) is 8.22. The first-order valence-corrected chi connectivity index (χ1v) is 15.7. The zero-order valence-electron chi connectivity index (χ0n) is 25.3. The van der Waals surface area contributed by atoms with Crippen LogP contribution in [0.1, 0.15) is 71.7 Å². The SMILES string of the molecule is CCN(CC)CCN(CC)C(=O)Cn1c(SCc2ccc(B3OC(C)(C)C(C)(C)O3)cc2)nc(=O)c2c1CCC2. The summed E-state index contributed by atoms with van der Waals surface area (Å²) in [4.78, 5) is 35.0. The van der Waals surface area contributed by atoms with Gasteiger partial charge in [-0.3, -0.25) is 9.59 Å². The number of nitrogens with zero attached hydrogens (tertiary/aromatic N) is 4. The number of carbonyl (C=O) groups is 1. The van der Waals surface area contributed by atoms with Crippen molar-refractivity contribution in [1.29, 1.82) is 0 Å². The Kier molecular flexibility index (Phi) is 9.86. The second-order valence-electron chi connectivity index (χ2n) is 11.7. The third-order valence-electron chi connectivity index (χ3n) is 8.68. The van der Waals surface area contributed by atoms with Crippen LogP contribution in [0.4, 0.5) is 0 Å². The van der Waals surface area contributed by atoms with E-state index in [1.54, 1.807) is 0 Å². The van der Waals surface area contributed by atoms with E-state index in [-0.39, 0.29) is 29.2 Å². The number of likely N-dealkylation sites (N-methyl/N-ethyl adjacent to an activating group) is 2. The molecule has 2 heterocycles. The van der Waals surface area contributed by atoms with E-state index in [2.05, 4.69) is 63.6 Å². The Morgan fingerprint density at radius 2 is 1.65 bits per heavy atom. The molecular weight excluding hydrogens is 523 g/mol. The lowest BCUT2D eigenvalue weighted by Crippen LogP contribution is -2.41. The van der Waals surface area contributed by atoms with Crippen molar-refractivity contribution in [2.24, 2.45) is 0 Å². The van der Waals surface area contributed by atoms with Crippen molar-refractivity contribution < 1.29 is 14.1 Å². The number of aromatic nitrogens is 2. The van der Waals surface area contributed by atoms with Crippen molar-refractivity contribution in [1.82, 2.24) is 19.4 Å². The van der Waals surface area contributed by atoms with Gasteiger partial charge in [0.1, 0.15) is 6.54 Å². The van der Waals surface area contributed by atoms with Crippen LogP contribution in [0.2, 0.25) is 0 Å². The van der Waals surface area contributed by atoms with Crippen molar-refractivity contribution in [2.45, 2.75) is 96.4 Å². The summed E-state index contributed by atoms with van der Waals surface area (Å²) in [6.07, 6.45) is 2.47. The lowest BCUT2D eigenvalue weighted by Gasteiger charge is -2.32. The topological polar surface area (TPSA) is 76.9 Å². The first kappa shape index (κ1) is 30.8. The van der Waals surface area contributed by atoms with E-state index in [0.29, 0.717) is 24.0 Å². The highest BCUT2D eigenvalue weighted by Crippen LogP contribution is 2.36. The minimum atomic E-state index is -0.399. The Bertz CT molecular complexity index is 1230. The van der Waals surface area contributed by atoms with Crippen LogP contribution in [0.25, 0.3) is 0 Å². The number of rotatable bonds is 12. The Labute approximate surface area is 244 Å². The molecule has 218 valence electrons. The number of thioether (sulfide) groups is 1. The van der Waals surface area contributed by atoms with Crippen LogP contribution in [-0.2, 0) is 39.2 Å². The smallest absolute Gasteiger partial charge is 0.399 e. The maximum atomic E-state index is 13.4. The molecule has 0 bridgehead atoms. The number of benzene rings is 1. The van der Waals surface area contributed by atoms with Gasteiger partial charge in [-0.15, -0.1) is 0 Å². The Morgan fingerprint density at radius 1 is 1.00 bits per heavy atom. The molecular formula is C30H45BN4O4S. The van der Waals surface area contributed by atoms with Crippen LogP contribution in [0.5, 0.6) is 0 Å². The average Bonchev–Trinajstić information content (AvgIpc) is 3.50. The molecule has 0 saturated carbocycles. The van der Waals surface area contributed by atoms with Crippen LogP contribution in [0.15, 0.2) is 34.2 Å². The molecule has 4 rings (SSSR count). The van der Waals surface area contributed by atoms with Crippen LogP contribution in [0.3, 0.4) is 0 Å². The van der Waals surface area contributed by atoms with Gasteiger partial charge in [0, 0.05) is 36.6 Å². The summed E-state index contributed by atoms with van der Waals surface area (Å²) < 4.78 is 14.4. The molecule has 0 spiro atoms. The van der Waals surface area contributed by atoms with Gasteiger partial charge in [0.15, 0.2) is 5.16 Å². The second-order valence-corrected chi connectivity index (χ2v) is 12.6. The van der Waals surface area contributed by atoms with E-state index < -0.39 is 7.12 Å². The number of fused-ring (bicyclic) bond motifs is 1. The quantitative estimate of drug-likeness (QED) is 0.220. The lowest BCUT2D eigenvalue weighted by atomic mass is 9.79. The van der Waals surface area contributed by atoms with Gasteiger partial charge < -0.3 is 23.7 Å². The molecule has 1 aliphatic heterocycles. The van der Waals surface area contributed by atoms with Crippen molar-refractivity contribution in [3.63, 3.8) is 0 Å². The number of carbonyl (C=O) groups excluding carboxylic acids is 1. The first-order valence-electron chi connectivity index (χ1n) is 14.7. The van der Waals surface area contributed by atoms with E-state index in [0.717, 1.165) is 61.2 Å². The van der Waals surface area contributed by atoms with Gasteiger partial charge in [-0.1, -0.05) is 49.9 Å². The first-order chi connectivity index (χ1) is 19.0. The Balaban J connectivity index is 1.48. The Morgan fingerprint density at radius 3 is 2.25 bits per heavy atom. The summed E-state index contributed by atoms with van der Waals surface area (Å²) in [5.41, 5.74) is 2.92. The molecule has 1 fully saturated rings.